The minimum atomic E-state index is -4.00. The number of nitrogens with two attached hydrogens (primary N) is 1. The largest absolute Gasteiger partial charge is 0.301 e. The van der Waals surface area contributed by atoms with Crippen LogP contribution in [0.2, 0.25) is 0 Å². The van der Waals surface area contributed by atoms with Crippen molar-refractivity contribution in [2.24, 2.45) is 5.14 Å². The summed E-state index contributed by atoms with van der Waals surface area (Å²) in [6.45, 7) is 2.26. The molecule has 7 nitrogen and oxygen atoms in total. The van der Waals surface area contributed by atoms with Crippen molar-refractivity contribution in [3.63, 3.8) is 0 Å². The number of benzene rings is 1. The van der Waals surface area contributed by atoms with Gasteiger partial charge in [-0.05, 0) is 31.9 Å². The summed E-state index contributed by atoms with van der Waals surface area (Å²) in [5.74, 6) is 0. The van der Waals surface area contributed by atoms with Crippen molar-refractivity contribution in [3.8, 4) is 0 Å². The first kappa shape index (κ1) is 16.2. The van der Waals surface area contributed by atoms with E-state index in [0.29, 0.717) is 6.54 Å². The number of rotatable bonds is 4. The van der Waals surface area contributed by atoms with E-state index >= 15 is 0 Å². The molecule has 1 aromatic rings. The highest BCUT2D eigenvalue weighted by molar-refractivity contribution is 7.91. The number of hydrogen-bond acceptors (Lipinski definition) is 4. The van der Waals surface area contributed by atoms with Gasteiger partial charge < -0.3 is 0 Å². The fraction of sp³-hybridized carbons (Fsp3) is 0.500. The molecular formula is C12H19N3O4S2. The number of nitrogens with one attached hydrogen (secondary N) is 1. The summed E-state index contributed by atoms with van der Waals surface area (Å²) in [4.78, 5) is -0.238. The van der Waals surface area contributed by atoms with Crippen LogP contribution in [-0.4, -0.2) is 33.7 Å². The monoisotopic (exact) mass is 333 g/mol. The fourth-order valence-corrected chi connectivity index (χ4v) is 4.71. The molecule has 0 radical (unpaired) electrons. The zero-order valence-corrected chi connectivity index (χ0v) is 13.3. The molecule has 0 saturated carbocycles. The van der Waals surface area contributed by atoms with E-state index in [1.165, 1.54) is 22.5 Å². The summed E-state index contributed by atoms with van der Waals surface area (Å²) in [7, 11) is -7.80. The van der Waals surface area contributed by atoms with E-state index in [4.69, 9.17) is 5.14 Å². The van der Waals surface area contributed by atoms with E-state index < -0.39 is 20.2 Å². The molecule has 1 aromatic carbocycles. The zero-order chi connectivity index (χ0) is 15.7. The Bertz CT molecular complexity index is 716. The van der Waals surface area contributed by atoms with Gasteiger partial charge in [0.05, 0.1) is 5.69 Å². The molecule has 0 amide bonds. The molecule has 0 bridgehead atoms. The van der Waals surface area contributed by atoms with Crippen molar-refractivity contribution >= 4 is 25.9 Å². The molecule has 9 heteroatoms. The lowest BCUT2D eigenvalue weighted by molar-refractivity contribution is 0.270. The first-order valence-electron chi connectivity index (χ1n) is 6.63. The van der Waals surface area contributed by atoms with E-state index in [0.717, 1.165) is 19.3 Å². The summed E-state index contributed by atoms with van der Waals surface area (Å²) < 4.78 is 51.6. The molecule has 1 heterocycles. The van der Waals surface area contributed by atoms with E-state index in [1.807, 2.05) is 6.92 Å². The van der Waals surface area contributed by atoms with Crippen molar-refractivity contribution in [3.05, 3.63) is 24.3 Å². The Hall–Kier alpha value is -1.16. The SMILES string of the molecule is CC1CCCCN1S(=O)(=O)Nc1ccccc1S(N)(=O)=O. The number of hydrogen-bond donors (Lipinski definition) is 2. The lowest BCUT2D eigenvalue weighted by Gasteiger charge is -2.32. The second kappa shape index (κ2) is 5.91. The Balaban J connectivity index is 2.33. The smallest absolute Gasteiger partial charge is 0.270 e. The number of anilines is 1. The van der Waals surface area contributed by atoms with Crippen LogP contribution in [0.5, 0.6) is 0 Å². The van der Waals surface area contributed by atoms with Crippen LogP contribution in [0.1, 0.15) is 26.2 Å². The normalized spacial score (nSPS) is 21.1. The fourth-order valence-electron chi connectivity index (χ4n) is 2.43. The van der Waals surface area contributed by atoms with Crippen molar-refractivity contribution in [2.75, 3.05) is 11.3 Å². The summed E-state index contributed by atoms with van der Waals surface area (Å²) in [6.07, 6.45) is 2.57. The van der Waals surface area contributed by atoms with Gasteiger partial charge >= 0.3 is 10.2 Å². The van der Waals surface area contributed by atoms with Gasteiger partial charge in [-0.25, -0.2) is 13.6 Å². The van der Waals surface area contributed by atoms with Crippen LogP contribution < -0.4 is 9.86 Å². The zero-order valence-electron chi connectivity index (χ0n) is 11.7. The molecule has 0 aliphatic carbocycles. The van der Waals surface area contributed by atoms with Crippen LogP contribution in [0.4, 0.5) is 5.69 Å². The third kappa shape index (κ3) is 3.73. The molecule has 21 heavy (non-hydrogen) atoms. The second-order valence-corrected chi connectivity index (χ2v) is 8.26. The van der Waals surface area contributed by atoms with Gasteiger partial charge in [-0.2, -0.15) is 12.7 Å². The number of para-hydroxylation sites is 1. The minimum absolute atomic E-state index is 0.0298. The average Bonchev–Trinajstić information content (AvgIpc) is 2.38. The molecule has 1 saturated heterocycles. The van der Waals surface area contributed by atoms with Gasteiger partial charge in [-0.3, -0.25) is 4.72 Å². The van der Waals surface area contributed by atoms with E-state index in [9.17, 15) is 16.8 Å². The van der Waals surface area contributed by atoms with Gasteiger partial charge in [-0.15, -0.1) is 0 Å². The predicted octanol–water partition coefficient (Wildman–Crippen LogP) is 0.865. The van der Waals surface area contributed by atoms with Crippen LogP contribution in [0.25, 0.3) is 0 Å². The van der Waals surface area contributed by atoms with Crippen LogP contribution in [0.15, 0.2) is 29.2 Å². The topological polar surface area (TPSA) is 110 Å². The molecule has 1 unspecified atom stereocenters. The Labute approximate surface area is 125 Å². The molecule has 1 aliphatic heterocycles. The van der Waals surface area contributed by atoms with Crippen LogP contribution in [0, 0.1) is 0 Å². The lowest BCUT2D eigenvalue weighted by atomic mass is 10.1. The third-order valence-electron chi connectivity index (χ3n) is 3.48. The average molecular weight is 333 g/mol. The summed E-state index contributed by atoms with van der Waals surface area (Å²) in [6, 6.07) is 5.57. The highest BCUT2D eigenvalue weighted by Crippen LogP contribution is 2.25. The molecule has 1 aliphatic rings. The Morgan fingerprint density at radius 2 is 1.86 bits per heavy atom. The summed E-state index contributed by atoms with van der Waals surface area (Å²) in [5, 5.41) is 5.11. The van der Waals surface area contributed by atoms with Crippen LogP contribution in [0.3, 0.4) is 0 Å². The third-order valence-corrected chi connectivity index (χ3v) is 6.09. The van der Waals surface area contributed by atoms with Crippen molar-refractivity contribution < 1.29 is 16.8 Å². The first-order chi connectivity index (χ1) is 9.72. The Morgan fingerprint density at radius 3 is 2.48 bits per heavy atom. The van der Waals surface area contributed by atoms with E-state index in [2.05, 4.69) is 4.72 Å². The highest BCUT2D eigenvalue weighted by atomic mass is 32.2. The number of sulfonamides is 1. The van der Waals surface area contributed by atoms with E-state index in [-0.39, 0.29) is 16.6 Å². The van der Waals surface area contributed by atoms with Crippen LogP contribution >= 0.6 is 0 Å². The molecule has 1 fully saturated rings. The first-order valence-corrected chi connectivity index (χ1v) is 9.62. The second-order valence-electron chi connectivity index (χ2n) is 5.10. The lowest BCUT2D eigenvalue weighted by Crippen LogP contribution is -2.45. The minimum Gasteiger partial charge on any atom is -0.270 e. The maximum atomic E-state index is 12.4. The summed E-state index contributed by atoms with van der Waals surface area (Å²) in [5.41, 5.74) is -0.0298. The molecule has 3 N–H and O–H groups in total. The molecule has 118 valence electrons. The summed E-state index contributed by atoms with van der Waals surface area (Å²) >= 11 is 0. The number of primary sulfonamides is 1. The van der Waals surface area contributed by atoms with E-state index in [1.54, 1.807) is 6.07 Å². The van der Waals surface area contributed by atoms with Gasteiger partial charge in [0.2, 0.25) is 10.0 Å². The van der Waals surface area contributed by atoms with Gasteiger partial charge in [-0.1, -0.05) is 18.6 Å². The molecule has 0 aromatic heterocycles. The van der Waals surface area contributed by atoms with Gasteiger partial charge in [0.25, 0.3) is 0 Å². The van der Waals surface area contributed by atoms with Crippen molar-refractivity contribution in [2.45, 2.75) is 37.1 Å². The van der Waals surface area contributed by atoms with Gasteiger partial charge in [0.1, 0.15) is 4.90 Å². The highest BCUT2D eigenvalue weighted by Gasteiger charge is 2.30. The van der Waals surface area contributed by atoms with Gasteiger partial charge in [0.15, 0.2) is 0 Å². The standard InChI is InChI=1S/C12H19N3O4S2/c1-10-6-4-5-9-15(10)21(18,19)14-11-7-2-3-8-12(11)20(13,16)17/h2-3,7-8,10,14H,4-6,9H2,1H3,(H2,13,16,17). The molecular weight excluding hydrogens is 314 g/mol. The molecule has 0 spiro atoms. The molecule has 2 rings (SSSR count). The number of nitrogens with zero attached hydrogens (tertiary/aromatic N) is 1. The van der Waals surface area contributed by atoms with Crippen molar-refractivity contribution in [1.82, 2.24) is 4.31 Å². The number of piperidine rings is 1. The predicted molar refractivity (Wildman–Crippen MR) is 80.4 cm³/mol. The molecule has 1 atom stereocenters. The maximum absolute atomic E-state index is 12.4. The van der Waals surface area contributed by atoms with Crippen LogP contribution in [-0.2, 0) is 20.2 Å². The Morgan fingerprint density at radius 1 is 1.19 bits per heavy atom. The quantitative estimate of drug-likeness (QED) is 0.851. The van der Waals surface area contributed by atoms with Gasteiger partial charge in [0, 0.05) is 12.6 Å². The van der Waals surface area contributed by atoms with Crippen molar-refractivity contribution in [1.29, 1.82) is 0 Å². The maximum Gasteiger partial charge on any atom is 0.301 e. The Kier molecular flexibility index (Phi) is 4.57.